The van der Waals surface area contributed by atoms with E-state index in [-0.39, 0.29) is 12.4 Å². The summed E-state index contributed by atoms with van der Waals surface area (Å²) in [5.41, 5.74) is 0.826. The molecule has 0 radical (unpaired) electrons. The molecule has 0 amide bonds. The van der Waals surface area contributed by atoms with E-state index in [1.807, 2.05) is 0 Å². The van der Waals surface area contributed by atoms with Crippen molar-refractivity contribution in [2.75, 3.05) is 7.11 Å². The second-order valence-electron chi connectivity index (χ2n) is 2.40. The molecule has 0 spiro atoms. The minimum absolute atomic E-state index is 0.250. The molecule has 0 fully saturated rings. The molecule has 4 nitrogen and oxygen atoms in total. The van der Waals surface area contributed by atoms with Crippen LogP contribution in [0.5, 0.6) is 0 Å². The molecule has 0 aliphatic rings. The first-order chi connectivity index (χ1) is 5.65. The first kappa shape index (κ1) is 8.99. The van der Waals surface area contributed by atoms with Crippen LogP contribution in [0.3, 0.4) is 0 Å². The number of hydrogen-bond acceptors (Lipinski definition) is 3. The number of hydrogen-bond donors (Lipinski definition) is 1. The van der Waals surface area contributed by atoms with E-state index in [1.54, 1.807) is 17.8 Å². The zero-order chi connectivity index (χ0) is 9.14. The molecule has 0 atom stereocenters. The van der Waals surface area contributed by atoms with Gasteiger partial charge in [-0.1, -0.05) is 0 Å². The summed E-state index contributed by atoms with van der Waals surface area (Å²) < 4.78 is 6.87. The second-order valence-corrected chi connectivity index (χ2v) is 2.78. The summed E-state index contributed by atoms with van der Waals surface area (Å²) in [6.07, 6.45) is 1.96. The van der Waals surface area contributed by atoms with Gasteiger partial charge >= 0.3 is 5.97 Å². The number of imidazole rings is 1. The molecule has 1 N–H and O–H groups in total. The van der Waals surface area contributed by atoms with Crippen molar-refractivity contribution in [2.45, 2.75) is 6.42 Å². The molecule has 66 valence electrons. The highest BCUT2D eigenvalue weighted by atomic mass is 32.1. The topological polar surface area (TPSA) is 47.0 Å². The highest BCUT2D eigenvalue weighted by Crippen LogP contribution is 2.00. The molecule has 1 heterocycles. The number of nitrogens with zero attached hydrogens (tertiary/aromatic N) is 1. The predicted molar refractivity (Wildman–Crippen MR) is 46.3 cm³/mol. The van der Waals surface area contributed by atoms with Crippen LogP contribution in [0.25, 0.3) is 0 Å². The van der Waals surface area contributed by atoms with Gasteiger partial charge in [0, 0.05) is 18.9 Å². The van der Waals surface area contributed by atoms with Crippen LogP contribution in [-0.2, 0) is 23.0 Å². The normalized spacial score (nSPS) is 9.83. The molecule has 0 saturated heterocycles. The SMILES string of the molecule is COC(=O)Cc1c[nH]c(=S)n1C. The zero-order valence-electron chi connectivity index (χ0n) is 6.96. The van der Waals surface area contributed by atoms with Crippen LogP contribution in [0.1, 0.15) is 5.69 Å². The molecule has 0 aromatic carbocycles. The van der Waals surface area contributed by atoms with Crippen molar-refractivity contribution in [2.24, 2.45) is 7.05 Å². The summed E-state index contributed by atoms with van der Waals surface area (Å²) in [7, 11) is 3.17. The number of aromatic nitrogens is 2. The molecule has 1 rings (SSSR count). The fraction of sp³-hybridized carbons (Fsp3) is 0.429. The van der Waals surface area contributed by atoms with Crippen LogP contribution in [0.2, 0.25) is 0 Å². The van der Waals surface area contributed by atoms with Crippen molar-refractivity contribution in [3.8, 4) is 0 Å². The maximum atomic E-state index is 10.9. The van der Waals surface area contributed by atoms with Crippen LogP contribution < -0.4 is 0 Å². The molecule has 0 unspecified atom stereocenters. The smallest absolute Gasteiger partial charge is 0.311 e. The summed E-state index contributed by atoms with van der Waals surface area (Å²) in [4.78, 5) is 13.7. The van der Waals surface area contributed by atoms with Gasteiger partial charge in [-0.25, -0.2) is 0 Å². The number of carbonyl (C=O) groups is 1. The van der Waals surface area contributed by atoms with Gasteiger partial charge in [0.1, 0.15) is 0 Å². The Morgan fingerprint density at radius 3 is 2.92 bits per heavy atom. The minimum Gasteiger partial charge on any atom is -0.469 e. The lowest BCUT2D eigenvalue weighted by Crippen LogP contribution is -2.07. The van der Waals surface area contributed by atoms with E-state index in [2.05, 4.69) is 9.72 Å². The average molecular weight is 186 g/mol. The maximum absolute atomic E-state index is 10.9. The monoisotopic (exact) mass is 186 g/mol. The van der Waals surface area contributed by atoms with Gasteiger partial charge in [0.2, 0.25) is 0 Å². The van der Waals surface area contributed by atoms with Crippen LogP contribution in [0.15, 0.2) is 6.20 Å². The van der Waals surface area contributed by atoms with Crippen molar-refractivity contribution < 1.29 is 9.53 Å². The summed E-state index contributed by atoms with van der Waals surface area (Å²) >= 11 is 4.92. The Bertz CT molecular complexity index is 339. The fourth-order valence-corrected chi connectivity index (χ4v) is 1.03. The molecule has 0 saturated carbocycles. The lowest BCUT2D eigenvalue weighted by atomic mass is 10.3. The van der Waals surface area contributed by atoms with Crippen LogP contribution in [0, 0.1) is 4.77 Å². The number of aromatic amines is 1. The highest BCUT2D eigenvalue weighted by Gasteiger charge is 2.05. The van der Waals surface area contributed by atoms with Crippen LogP contribution >= 0.6 is 12.2 Å². The van der Waals surface area contributed by atoms with Gasteiger partial charge in [0.15, 0.2) is 4.77 Å². The van der Waals surface area contributed by atoms with Crippen molar-refractivity contribution in [1.29, 1.82) is 0 Å². The molecule has 0 aliphatic carbocycles. The lowest BCUT2D eigenvalue weighted by molar-refractivity contribution is -0.139. The Morgan fingerprint density at radius 1 is 1.83 bits per heavy atom. The lowest BCUT2D eigenvalue weighted by Gasteiger charge is -1.99. The molecule has 5 heteroatoms. The van der Waals surface area contributed by atoms with Gasteiger partial charge in [-0.2, -0.15) is 0 Å². The van der Waals surface area contributed by atoms with E-state index in [9.17, 15) is 4.79 Å². The number of rotatable bonds is 2. The number of esters is 1. The van der Waals surface area contributed by atoms with Crippen molar-refractivity contribution in [1.82, 2.24) is 9.55 Å². The quantitative estimate of drug-likeness (QED) is 0.549. The molecular weight excluding hydrogens is 176 g/mol. The molecule has 1 aromatic rings. The van der Waals surface area contributed by atoms with Gasteiger partial charge < -0.3 is 14.3 Å². The van der Waals surface area contributed by atoms with Gasteiger partial charge in [-0.05, 0) is 12.2 Å². The standard InChI is InChI=1S/C7H10N2O2S/c1-9-5(3-6(10)11-2)4-8-7(9)12/h4H,3H2,1-2H3,(H,8,12). The third-order valence-corrected chi connectivity index (χ3v) is 2.04. The number of ether oxygens (including phenoxy) is 1. The molecule has 1 aromatic heterocycles. The summed E-state index contributed by atoms with van der Waals surface area (Å²) in [5, 5.41) is 0. The number of nitrogens with one attached hydrogen (secondary N) is 1. The first-order valence-electron chi connectivity index (χ1n) is 3.45. The Hall–Kier alpha value is -1.10. The number of methoxy groups -OCH3 is 1. The van der Waals surface area contributed by atoms with Crippen LogP contribution in [-0.4, -0.2) is 22.6 Å². The largest absolute Gasteiger partial charge is 0.469 e. The van der Waals surface area contributed by atoms with Crippen molar-refractivity contribution >= 4 is 18.2 Å². The molecule has 0 bridgehead atoms. The summed E-state index contributed by atoms with van der Waals surface area (Å²) in [6.45, 7) is 0. The van der Waals surface area contributed by atoms with Gasteiger partial charge in [0.25, 0.3) is 0 Å². The van der Waals surface area contributed by atoms with E-state index in [1.165, 1.54) is 7.11 Å². The van der Waals surface area contributed by atoms with Gasteiger partial charge in [-0.3, -0.25) is 4.79 Å². The van der Waals surface area contributed by atoms with E-state index >= 15 is 0 Å². The number of H-pyrrole nitrogens is 1. The predicted octanol–water partition coefficient (Wildman–Crippen LogP) is 0.798. The Balaban J connectivity index is 2.83. The zero-order valence-corrected chi connectivity index (χ0v) is 7.77. The Labute approximate surface area is 75.2 Å². The molecule has 0 aliphatic heterocycles. The number of carbonyl (C=O) groups excluding carboxylic acids is 1. The van der Waals surface area contributed by atoms with E-state index in [0.717, 1.165) is 5.69 Å². The van der Waals surface area contributed by atoms with Gasteiger partial charge in [-0.15, -0.1) is 0 Å². The third kappa shape index (κ3) is 1.73. The maximum Gasteiger partial charge on any atom is 0.311 e. The minimum atomic E-state index is -0.264. The average Bonchev–Trinajstić information content (AvgIpc) is 2.36. The van der Waals surface area contributed by atoms with E-state index < -0.39 is 0 Å². The highest BCUT2D eigenvalue weighted by molar-refractivity contribution is 7.71. The molecule has 12 heavy (non-hydrogen) atoms. The fourth-order valence-electron chi connectivity index (χ4n) is 0.859. The molecular formula is C7H10N2O2S. The summed E-state index contributed by atoms with van der Waals surface area (Å²) in [6, 6.07) is 0. The van der Waals surface area contributed by atoms with E-state index in [0.29, 0.717) is 4.77 Å². The van der Waals surface area contributed by atoms with E-state index in [4.69, 9.17) is 12.2 Å². The van der Waals surface area contributed by atoms with Crippen molar-refractivity contribution in [3.63, 3.8) is 0 Å². The first-order valence-corrected chi connectivity index (χ1v) is 3.86. The van der Waals surface area contributed by atoms with Crippen LogP contribution in [0.4, 0.5) is 0 Å². The second kappa shape index (κ2) is 3.53. The Morgan fingerprint density at radius 2 is 2.50 bits per heavy atom. The van der Waals surface area contributed by atoms with Crippen molar-refractivity contribution in [3.05, 3.63) is 16.7 Å². The Kier molecular flexibility index (Phi) is 2.65. The van der Waals surface area contributed by atoms with Gasteiger partial charge in [0.05, 0.1) is 13.5 Å². The third-order valence-electron chi connectivity index (χ3n) is 1.65. The summed E-state index contributed by atoms with van der Waals surface area (Å²) in [5.74, 6) is -0.264.